The molecule has 2 saturated heterocycles. The standard InChI is InChI=1S/C23H42N2O2/c1-4-5-6-7-8-9-10-11-16-22(2,3)20(26)25-23-17-12-14-19(15-13-18-23)24-21(23)27/h19H,4-18H2,1-3H3,(H,24,27)(H,25,26). The molecular weight excluding hydrogens is 336 g/mol. The average Bonchev–Trinajstić information content (AvgIpc) is 2.85. The smallest absolute Gasteiger partial charge is 0.245 e. The molecule has 0 unspecified atom stereocenters. The second-order valence-corrected chi connectivity index (χ2v) is 9.60. The van der Waals surface area contributed by atoms with Crippen LogP contribution in [0.5, 0.6) is 0 Å². The Kier molecular flexibility index (Phi) is 8.62. The Balaban J connectivity index is 1.78. The first-order valence-corrected chi connectivity index (χ1v) is 11.5. The Morgan fingerprint density at radius 3 is 2.19 bits per heavy atom. The number of amides is 2. The summed E-state index contributed by atoms with van der Waals surface area (Å²) in [6, 6.07) is 0.309. The number of carbonyl (C=O) groups excluding carboxylic acids is 2. The molecule has 0 saturated carbocycles. The molecule has 4 nitrogen and oxygen atoms in total. The lowest BCUT2D eigenvalue weighted by Gasteiger charge is -2.35. The van der Waals surface area contributed by atoms with E-state index in [1.807, 2.05) is 13.8 Å². The van der Waals surface area contributed by atoms with Crippen molar-refractivity contribution >= 4 is 11.8 Å². The van der Waals surface area contributed by atoms with Crippen molar-refractivity contribution in [2.24, 2.45) is 5.41 Å². The van der Waals surface area contributed by atoms with E-state index in [4.69, 9.17) is 0 Å². The number of rotatable bonds is 11. The van der Waals surface area contributed by atoms with Crippen LogP contribution >= 0.6 is 0 Å². The molecule has 2 aliphatic rings. The lowest BCUT2D eigenvalue weighted by Crippen LogP contribution is -2.59. The molecule has 2 rings (SSSR count). The topological polar surface area (TPSA) is 58.2 Å². The van der Waals surface area contributed by atoms with E-state index >= 15 is 0 Å². The van der Waals surface area contributed by atoms with E-state index < -0.39 is 11.0 Å². The fourth-order valence-corrected chi connectivity index (χ4v) is 4.65. The summed E-state index contributed by atoms with van der Waals surface area (Å²) in [6.07, 6.45) is 16.8. The third-order valence-corrected chi connectivity index (χ3v) is 6.70. The van der Waals surface area contributed by atoms with Crippen molar-refractivity contribution in [3.8, 4) is 0 Å². The third kappa shape index (κ3) is 6.50. The molecule has 27 heavy (non-hydrogen) atoms. The molecule has 0 aromatic carbocycles. The summed E-state index contributed by atoms with van der Waals surface area (Å²) in [5.41, 5.74) is -1.08. The van der Waals surface area contributed by atoms with Gasteiger partial charge in [-0.2, -0.15) is 0 Å². The maximum Gasteiger partial charge on any atom is 0.245 e. The zero-order chi connectivity index (χ0) is 19.8. The van der Waals surface area contributed by atoms with Gasteiger partial charge in [-0.05, 0) is 44.9 Å². The summed E-state index contributed by atoms with van der Waals surface area (Å²) in [4.78, 5) is 25.8. The van der Waals surface area contributed by atoms with Gasteiger partial charge in [0, 0.05) is 11.5 Å². The molecule has 0 spiro atoms. The van der Waals surface area contributed by atoms with Gasteiger partial charge in [-0.25, -0.2) is 0 Å². The van der Waals surface area contributed by atoms with Gasteiger partial charge in [0.25, 0.3) is 0 Å². The van der Waals surface area contributed by atoms with E-state index in [0.717, 1.165) is 51.4 Å². The quantitative estimate of drug-likeness (QED) is 0.482. The largest absolute Gasteiger partial charge is 0.351 e. The van der Waals surface area contributed by atoms with E-state index in [1.54, 1.807) is 0 Å². The van der Waals surface area contributed by atoms with Crippen LogP contribution in [-0.2, 0) is 9.59 Å². The van der Waals surface area contributed by atoms with E-state index in [0.29, 0.717) is 6.04 Å². The number of fused-ring (bicyclic) bond motifs is 3. The molecule has 2 N–H and O–H groups in total. The van der Waals surface area contributed by atoms with Crippen molar-refractivity contribution in [1.29, 1.82) is 0 Å². The lowest BCUT2D eigenvalue weighted by molar-refractivity contribution is -0.138. The highest BCUT2D eigenvalue weighted by Gasteiger charge is 2.45. The number of unbranched alkanes of at least 4 members (excludes halogenated alkanes) is 7. The number of hydrogen-bond acceptors (Lipinski definition) is 2. The molecule has 2 heterocycles. The van der Waals surface area contributed by atoms with Gasteiger partial charge in [0.05, 0.1) is 0 Å². The summed E-state index contributed by atoms with van der Waals surface area (Å²) in [5.74, 6) is 0.111. The maximum absolute atomic E-state index is 13.0. The normalized spacial score (nSPS) is 25.6. The lowest BCUT2D eigenvalue weighted by atomic mass is 9.81. The first-order chi connectivity index (χ1) is 12.9. The Morgan fingerprint density at radius 2 is 1.59 bits per heavy atom. The van der Waals surface area contributed by atoms with Crippen LogP contribution in [0.3, 0.4) is 0 Å². The molecule has 2 fully saturated rings. The molecule has 2 amide bonds. The first kappa shape index (κ1) is 22.2. The predicted molar refractivity (Wildman–Crippen MR) is 112 cm³/mol. The van der Waals surface area contributed by atoms with Crippen molar-refractivity contribution in [3.05, 3.63) is 0 Å². The van der Waals surface area contributed by atoms with Gasteiger partial charge in [0.1, 0.15) is 5.54 Å². The van der Waals surface area contributed by atoms with Gasteiger partial charge >= 0.3 is 0 Å². The number of carbonyl (C=O) groups is 2. The summed E-state index contributed by atoms with van der Waals surface area (Å²) in [6.45, 7) is 6.32. The molecule has 0 aromatic rings. The van der Waals surface area contributed by atoms with Gasteiger partial charge in [0.2, 0.25) is 11.8 Å². The zero-order valence-electron chi connectivity index (χ0n) is 18.0. The van der Waals surface area contributed by atoms with Crippen molar-refractivity contribution < 1.29 is 9.59 Å². The molecule has 0 atom stereocenters. The minimum absolute atomic E-state index is 0.0544. The molecule has 0 radical (unpaired) electrons. The Bertz CT molecular complexity index is 477. The monoisotopic (exact) mass is 378 g/mol. The van der Waals surface area contributed by atoms with Crippen LogP contribution in [-0.4, -0.2) is 23.4 Å². The highest BCUT2D eigenvalue weighted by molar-refractivity contribution is 5.93. The van der Waals surface area contributed by atoms with Crippen molar-refractivity contribution in [3.63, 3.8) is 0 Å². The molecule has 0 aromatic heterocycles. The third-order valence-electron chi connectivity index (χ3n) is 6.70. The van der Waals surface area contributed by atoms with Gasteiger partial charge in [-0.15, -0.1) is 0 Å². The van der Waals surface area contributed by atoms with E-state index in [-0.39, 0.29) is 11.8 Å². The second kappa shape index (κ2) is 10.5. The van der Waals surface area contributed by atoms with Gasteiger partial charge < -0.3 is 10.6 Å². The molecule has 0 aliphatic carbocycles. The van der Waals surface area contributed by atoms with Crippen LogP contribution < -0.4 is 10.6 Å². The zero-order valence-corrected chi connectivity index (χ0v) is 18.0. The molecule has 156 valence electrons. The minimum atomic E-state index is -0.668. The van der Waals surface area contributed by atoms with Crippen molar-refractivity contribution in [2.45, 2.75) is 129 Å². The highest BCUT2D eigenvalue weighted by atomic mass is 16.2. The molecular formula is C23H42N2O2. The molecule has 2 bridgehead atoms. The molecule has 4 heteroatoms. The van der Waals surface area contributed by atoms with Gasteiger partial charge in [-0.3, -0.25) is 9.59 Å². The van der Waals surface area contributed by atoms with E-state index in [1.165, 1.54) is 44.9 Å². The summed E-state index contributed by atoms with van der Waals surface area (Å²) in [7, 11) is 0. The Hall–Kier alpha value is -1.06. The van der Waals surface area contributed by atoms with E-state index in [2.05, 4.69) is 17.6 Å². The summed E-state index contributed by atoms with van der Waals surface area (Å²) >= 11 is 0. The van der Waals surface area contributed by atoms with Crippen LogP contribution in [0.1, 0.15) is 117 Å². The molecule has 2 aliphatic heterocycles. The fraction of sp³-hybridized carbons (Fsp3) is 0.913. The minimum Gasteiger partial charge on any atom is -0.351 e. The first-order valence-electron chi connectivity index (χ1n) is 11.5. The Labute approximate surface area is 166 Å². The maximum atomic E-state index is 13.0. The van der Waals surface area contributed by atoms with Crippen molar-refractivity contribution in [2.75, 3.05) is 0 Å². The highest BCUT2D eigenvalue weighted by Crippen LogP contribution is 2.33. The van der Waals surface area contributed by atoms with Gasteiger partial charge in [-0.1, -0.05) is 72.1 Å². The van der Waals surface area contributed by atoms with Gasteiger partial charge in [0.15, 0.2) is 0 Å². The SMILES string of the molecule is CCCCCCCCCCC(C)(C)C(=O)NC12CCCC(CCC1)NC2=O. The second-order valence-electron chi connectivity index (χ2n) is 9.60. The summed E-state index contributed by atoms with van der Waals surface area (Å²) < 4.78 is 0. The van der Waals surface area contributed by atoms with Crippen LogP contribution in [0.25, 0.3) is 0 Å². The Morgan fingerprint density at radius 1 is 1.04 bits per heavy atom. The van der Waals surface area contributed by atoms with Crippen LogP contribution in [0.4, 0.5) is 0 Å². The van der Waals surface area contributed by atoms with Crippen LogP contribution in [0.15, 0.2) is 0 Å². The average molecular weight is 379 g/mol. The summed E-state index contributed by atoms with van der Waals surface area (Å²) in [5, 5.41) is 6.38. The van der Waals surface area contributed by atoms with E-state index in [9.17, 15) is 9.59 Å². The fourth-order valence-electron chi connectivity index (χ4n) is 4.65. The predicted octanol–water partition coefficient (Wildman–Crippen LogP) is 5.25. The number of nitrogens with one attached hydrogen (secondary N) is 2. The van der Waals surface area contributed by atoms with Crippen LogP contribution in [0.2, 0.25) is 0 Å². The van der Waals surface area contributed by atoms with Crippen LogP contribution in [0, 0.1) is 5.41 Å². The van der Waals surface area contributed by atoms with Crippen molar-refractivity contribution in [1.82, 2.24) is 10.6 Å². The number of hydrogen-bond donors (Lipinski definition) is 2.